The zero-order chi connectivity index (χ0) is 25.1. The third-order valence-corrected chi connectivity index (χ3v) is 7.51. The summed E-state index contributed by atoms with van der Waals surface area (Å²) in [4.78, 5) is 0. The van der Waals surface area contributed by atoms with Gasteiger partial charge in [-0.05, 0) is 52.4 Å². The van der Waals surface area contributed by atoms with Gasteiger partial charge in [0.05, 0.1) is 5.69 Å². The van der Waals surface area contributed by atoms with E-state index in [-0.39, 0.29) is 6.23 Å². The van der Waals surface area contributed by atoms with Crippen LogP contribution < -0.4 is 10.1 Å². The molecule has 6 aromatic carbocycles. The van der Waals surface area contributed by atoms with E-state index in [1.54, 1.807) is 0 Å². The first-order valence-electron chi connectivity index (χ1n) is 12.9. The number of hydrogen-bond acceptors (Lipinski definition) is 3. The van der Waals surface area contributed by atoms with E-state index >= 15 is 0 Å². The van der Waals surface area contributed by atoms with Crippen LogP contribution in [0.15, 0.2) is 132 Å². The largest absolute Gasteiger partial charge is 0.464 e. The molecule has 1 aliphatic heterocycles. The summed E-state index contributed by atoms with van der Waals surface area (Å²) in [5.41, 5.74) is 8.56. The second kappa shape index (κ2) is 8.25. The summed E-state index contributed by atoms with van der Waals surface area (Å²) in [6.07, 6.45) is -0.172. The fourth-order valence-electron chi connectivity index (χ4n) is 5.63. The summed E-state index contributed by atoms with van der Waals surface area (Å²) in [6, 6.07) is 44.5. The number of benzene rings is 6. The van der Waals surface area contributed by atoms with Gasteiger partial charge in [-0.3, -0.25) is 0 Å². The fraction of sp³-hybridized carbons (Fsp3) is 0.0286. The van der Waals surface area contributed by atoms with Crippen LogP contribution in [0.3, 0.4) is 0 Å². The molecule has 0 spiro atoms. The molecule has 7 aromatic rings. The number of fused-ring (bicyclic) bond motifs is 6. The van der Waals surface area contributed by atoms with Gasteiger partial charge < -0.3 is 14.5 Å². The minimum atomic E-state index is -0.172. The Balaban J connectivity index is 1.18. The van der Waals surface area contributed by atoms with Crippen molar-refractivity contribution in [2.75, 3.05) is 5.32 Å². The molecule has 8 rings (SSSR count). The molecule has 0 fully saturated rings. The maximum absolute atomic E-state index is 6.37. The Morgan fingerprint density at radius 1 is 0.553 bits per heavy atom. The van der Waals surface area contributed by atoms with Gasteiger partial charge in [-0.1, -0.05) is 97.1 Å². The molecular formula is C35H23NO2. The first kappa shape index (κ1) is 21.1. The Kier molecular flexibility index (Phi) is 4.58. The molecule has 0 amide bonds. The van der Waals surface area contributed by atoms with Crippen molar-refractivity contribution in [3.8, 4) is 28.0 Å². The first-order chi connectivity index (χ1) is 18.8. The number of anilines is 1. The molecule has 0 saturated carbocycles. The lowest BCUT2D eigenvalue weighted by Crippen LogP contribution is -2.09. The molecular weight excluding hydrogens is 466 g/mol. The Hall–Kier alpha value is -5.02. The molecule has 1 atom stereocenters. The second-order valence-corrected chi connectivity index (χ2v) is 9.79. The summed E-state index contributed by atoms with van der Waals surface area (Å²) in [5, 5.41) is 8.06. The van der Waals surface area contributed by atoms with Crippen molar-refractivity contribution in [1.82, 2.24) is 0 Å². The number of para-hydroxylation sites is 2. The van der Waals surface area contributed by atoms with Crippen LogP contribution in [0.25, 0.3) is 55.0 Å². The molecule has 3 heteroatoms. The van der Waals surface area contributed by atoms with Crippen LogP contribution in [0.2, 0.25) is 0 Å². The van der Waals surface area contributed by atoms with Gasteiger partial charge in [0.15, 0.2) is 12.0 Å². The zero-order valence-corrected chi connectivity index (χ0v) is 20.5. The van der Waals surface area contributed by atoms with Crippen LogP contribution in [0, 0.1) is 0 Å². The number of furan rings is 1. The minimum absolute atomic E-state index is 0.172. The van der Waals surface area contributed by atoms with Crippen LogP contribution in [-0.2, 0) is 0 Å². The van der Waals surface area contributed by atoms with Gasteiger partial charge >= 0.3 is 0 Å². The maximum Gasteiger partial charge on any atom is 0.196 e. The first-order valence-corrected chi connectivity index (χ1v) is 12.9. The predicted molar refractivity (Wildman–Crippen MR) is 156 cm³/mol. The Morgan fingerprint density at radius 3 is 2.29 bits per heavy atom. The van der Waals surface area contributed by atoms with Crippen LogP contribution in [0.5, 0.6) is 5.75 Å². The predicted octanol–water partition coefficient (Wildman–Crippen LogP) is 9.58. The van der Waals surface area contributed by atoms with E-state index in [0.717, 1.165) is 60.8 Å². The van der Waals surface area contributed by atoms with E-state index in [1.807, 2.05) is 30.3 Å². The van der Waals surface area contributed by atoms with Crippen LogP contribution in [-0.4, -0.2) is 0 Å². The van der Waals surface area contributed by atoms with E-state index in [2.05, 4.69) is 102 Å². The molecule has 38 heavy (non-hydrogen) atoms. The van der Waals surface area contributed by atoms with Crippen molar-refractivity contribution in [2.24, 2.45) is 0 Å². The molecule has 0 aliphatic carbocycles. The molecule has 3 nitrogen and oxygen atoms in total. The minimum Gasteiger partial charge on any atom is -0.464 e. The van der Waals surface area contributed by atoms with Gasteiger partial charge in [-0.25, -0.2) is 0 Å². The van der Waals surface area contributed by atoms with Crippen LogP contribution in [0.4, 0.5) is 5.69 Å². The third kappa shape index (κ3) is 3.29. The smallest absolute Gasteiger partial charge is 0.196 e. The van der Waals surface area contributed by atoms with Crippen LogP contribution >= 0.6 is 0 Å². The van der Waals surface area contributed by atoms with E-state index in [9.17, 15) is 0 Å². The zero-order valence-electron chi connectivity index (χ0n) is 20.5. The number of rotatable bonds is 3. The van der Waals surface area contributed by atoms with E-state index in [0.29, 0.717) is 0 Å². The van der Waals surface area contributed by atoms with E-state index in [4.69, 9.17) is 9.15 Å². The highest BCUT2D eigenvalue weighted by molar-refractivity contribution is 6.09. The second-order valence-electron chi connectivity index (χ2n) is 9.79. The molecule has 1 aliphatic rings. The monoisotopic (exact) mass is 489 g/mol. The van der Waals surface area contributed by atoms with Crippen molar-refractivity contribution in [3.05, 3.63) is 133 Å². The Labute approximate surface area is 219 Å². The molecule has 0 saturated heterocycles. The average Bonchev–Trinajstić information content (AvgIpc) is 3.60. The summed E-state index contributed by atoms with van der Waals surface area (Å²) in [6.45, 7) is 0. The molecule has 180 valence electrons. The third-order valence-electron chi connectivity index (χ3n) is 7.51. The van der Waals surface area contributed by atoms with Crippen molar-refractivity contribution >= 4 is 38.4 Å². The van der Waals surface area contributed by atoms with Crippen molar-refractivity contribution in [1.29, 1.82) is 0 Å². The fourth-order valence-corrected chi connectivity index (χ4v) is 5.63. The van der Waals surface area contributed by atoms with Gasteiger partial charge in [0.1, 0.15) is 11.2 Å². The highest BCUT2D eigenvalue weighted by Crippen LogP contribution is 2.44. The van der Waals surface area contributed by atoms with E-state index < -0.39 is 0 Å². The van der Waals surface area contributed by atoms with Gasteiger partial charge in [0.25, 0.3) is 0 Å². The van der Waals surface area contributed by atoms with E-state index in [1.165, 1.54) is 11.1 Å². The normalized spacial score (nSPS) is 14.5. The van der Waals surface area contributed by atoms with Gasteiger partial charge in [-0.15, -0.1) is 0 Å². The van der Waals surface area contributed by atoms with Gasteiger partial charge in [0.2, 0.25) is 0 Å². The number of nitrogens with one attached hydrogen (secondary N) is 1. The number of hydrogen-bond donors (Lipinski definition) is 1. The summed E-state index contributed by atoms with van der Waals surface area (Å²) in [5.74, 6) is 0.910. The lowest BCUT2D eigenvalue weighted by Gasteiger charge is -2.12. The molecule has 2 heterocycles. The Morgan fingerprint density at radius 2 is 1.34 bits per heavy atom. The molecule has 0 radical (unpaired) electrons. The summed E-state index contributed by atoms with van der Waals surface area (Å²) in [7, 11) is 0. The summed E-state index contributed by atoms with van der Waals surface area (Å²) >= 11 is 0. The molecule has 1 N–H and O–H groups in total. The lowest BCUT2D eigenvalue weighted by molar-refractivity contribution is 0.262. The van der Waals surface area contributed by atoms with Crippen molar-refractivity contribution in [2.45, 2.75) is 6.23 Å². The molecule has 1 unspecified atom stereocenters. The highest BCUT2D eigenvalue weighted by atomic mass is 16.5. The SMILES string of the molecule is c1ccc(C2Nc3ccc4cc(-c5cccc(-c6cccc7c6oc6ccccc67)c5)ccc4c3O2)cc1. The molecule has 0 bridgehead atoms. The average molecular weight is 490 g/mol. The molecule has 1 aromatic heterocycles. The lowest BCUT2D eigenvalue weighted by atomic mass is 9.96. The number of ether oxygens (including phenoxy) is 1. The highest BCUT2D eigenvalue weighted by Gasteiger charge is 2.25. The topological polar surface area (TPSA) is 34.4 Å². The standard InChI is InChI=1S/C35H23NO2/c1-2-8-22(9-3-1)35-36-31-19-17-26-21-24(16-18-28(26)34(31)38-35)23-10-6-11-25(20-23)27-13-7-14-30-29-12-4-5-15-32(29)37-33(27)30/h1-21,35-36H. The maximum atomic E-state index is 6.37. The van der Waals surface area contributed by atoms with Crippen LogP contribution in [0.1, 0.15) is 11.8 Å². The summed E-state index contributed by atoms with van der Waals surface area (Å²) < 4.78 is 12.7. The van der Waals surface area contributed by atoms with Crippen molar-refractivity contribution in [3.63, 3.8) is 0 Å². The van der Waals surface area contributed by atoms with Gasteiger partial charge in [-0.2, -0.15) is 0 Å². The van der Waals surface area contributed by atoms with Crippen molar-refractivity contribution < 1.29 is 9.15 Å². The van der Waals surface area contributed by atoms with Gasteiger partial charge in [0, 0.05) is 27.3 Å². The quantitative estimate of drug-likeness (QED) is 0.268. The Bertz CT molecular complexity index is 1990.